The van der Waals surface area contributed by atoms with Gasteiger partial charge in [0.05, 0.1) is 12.0 Å². The number of likely N-dealkylation sites (N-methyl/N-ethyl adjacent to an activating group) is 1. The highest BCUT2D eigenvalue weighted by molar-refractivity contribution is 5.90. The predicted octanol–water partition coefficient (Wildman–Crippen LogP) is 5.32. The fourth-order valence-electron chi connectivity index (χ4n) is 3.84. The van der Waals surface area contributed by atoms with Crippen LogP contribution in [-0.2, 0) is 25.6 Å². The molecule has 2 aromatic rings. The van der Waals surface area contributed by atoms with Crippen LogP contribution in [0.3, 0.4) is 0 Å². The largest absolute Gasteiger partial charge is 0.357 e. The van der Waals surface area contributed by atoms with Crippen molar-refractivity contribution >= 4 is 28.5 Å². The Labute approximate surface area is 223 Å². The summed E-state index contributed by atoms with van der Waals surface area (Å²) in [5, 5.41) is 7.43. The highest BCUT2D eigenvalue weighted by Crippen LogP contribution is 2.20. The molecule has 0 aromatic heterocycles. The molecular weight excluding hydrogens is 466 g/mol. The van der Waals surface area contributed by atoms with Gasteiger partial charge in [0.15, 0.2) is 0 Å². The minimum Gasteiger partial charge on any atom is -0.357 e. The van der Waals surface area contributed by atoms with Gasteiger partial charge < -0.3 is 10.6 Å². The summed E-state index contributed by atoms with van der Waals surface area (Å²) >= 11 is 0. The van der Waals surface area contributed by atoms with Crippen molar-refractivity contribution in [1.29, 1.82) is 0 Å². The van der Waals surface area contributed by atoms with Crippen LogP contribution in [0.15, 0.2) is 42.5 Å². The number of hydrogen-bond acceptors (Lipinski definition) is 4. The molecular formula is C30H47N3O4. The Morgan fingerprint density at radius 1 is 0.865 bits per heavy atom. The molecule has 0 heterocycles. The molecule has 7 heteroatoms. The lowest BCUT2D eigenvalue weighted by atomic mass is 9.93. The Morgan fingerprint density at radius 2 is 1.46 bits per heavy atom. The fraction of sp³-hybridized carbons (Fsp3) is 0.567. The number of carbonyl (C=O) groups excluding carboxylic acids is 3. The zero-order chi connectivity index (χ0) is 27.8. The number of hydroxylamine groups is 1. The molecule has 2 unspecified atom stereocenters. The second-order valence-corrected chi connectivity index (χ2v) is 10.2. The van der Waals surface area contributed by atoms with Crippen molar-refractivity contribution in [3.63, 3.8) is 0 Å². The molecule has 2 atom stereocenters. The second-order valence-electron chi connectivity index (χ2n) is 10.2. The van der Waals surface area contributed by atoms with E-state index in [0.29, 0.717) is 6.42 Å². The van der Waals surface area contributed by atoms with E-state index in [0.717, 1.165) is 47.9 Å². The molecule has 0 spiro atoms. The molecule has 0 aliphatic carbocycles. The third-order valence-electron chi connectivity index (χ3n) is 5.66. The summed E-state index contributed by atoms with van der Waals surface area (Å²) in [4.78, 5) is 43.1. The van der Waals surface area contributed by atoms with E-state index in [4.69, 9.17) is 4.84 Å². The summed E-state index contributed by atoms with van der Waals surface area (Å²) in [6.07, 6.45) is 3.94. The van der Waals surface area contributed by atoms with E-state index in [1.54, 1.807) is 6.92 Å². The van der Waals surface area contributed by atoms with Gasteiger partial charge in [-0.05, 0) is 48.4 Å². The summed E-state index contributed by atoms with van der Waals surface area (Å²) in [6, 6.07) is 13.3. The van der Waals surface area contributed by atoms with Gasteiger partial charge in [-0.25, -0.2) is 5.48 Å². The number of rotatable bonds is 13. The molecule has 0 aliphatic rings. The Balaban J connectivity index is 0.00000159. The summed E-state index contributed by atoms with van der Waals surface area (Å²) in [7, 11) is 1.52. The van der Waals surface area contributed by atoms with E-state index in [9.17, 15) is 14.4 Å². The van der Waals surface area contributed by atoms with E-state index in [1.807, 2.05) is 42.5 Å². The fourth-order valence-corrected chi connectivity index (χ4v) is 3.84. The summed E-state index contributed by atoms with van der Waals surface area (Å²) in [6.45, 7) is 12.3. The smallest absolute Gasteiger partial charge is 0.244 e. The van der Waals surface area contributed by atoms with Crippen molar-refractivity contribution in [3.05, 3.63) is 48.0 Å². The van der Waals surface area contributed by atoms with Gasteiger partial charge in [0.25, 0.3) is 0 Å². The lowest BCUT2D eigenvalue weighted by molar-refractivity contribution is -0.142. The van der Waals surface area contributed by atoms with Crippen LogP contribution in [0, 0.1) is 11.8 Å². The average molecular weight is 514 g/mol. The zero-order valence-corrected chi connectivity index (χ0v) is 23.7. The topological polar surface area (TPSA) is 96.5 Å². The van der Waals surface area contributed by atoms with Crippen molar-refractivity contribution in [1.82, 2.24) is 16.1 Å². The summed E-state index contributed by atoms with van der Waals surface area (Å²) in [5.74, 6) is -0.783. The second kappa shape index (κ2) is 17.5. The van der Waals surface area contributed by atoms with Gasteiger partial charge in [-0.2, -0.15) is 0 Å². The maximum Gasteiger partial charge on any atom is 0.244 e. The zero-order valence-electron chi connectivity index (χ0n) is 23.7. The van der Waals surface area contributed by atoms with Crippen LogP contribution < -0.4 is 16.1 Å². The van der Waals surface area contributed by atoms with Crippen LogP contribution in [0.2, 0.25) is 0 Å². The summed E-state index contributed by atoms with van der Waals surface area (Å²) in [5.41, 5.74) is 3.49. The van der Waals surface area contributed by atoms with E-state index >= 15 is 0 Å². The van der Waals surface area contributed by atoms with Crippen molar-refractivity contribution in [2.24, 2.45) is 11.8 Å². The van der Waals surface area contributed by atoms with Gasteiger partial charge in [0, 0.05) is 13.5 Å². The third kappa shape index (κ3) is 12.7. The molecule has 7 nitrogen and oxygen atoms in total. The molecule has 0 radical (unpaired) electrons. The Kier molecular flexibility index (Phi) is 15.2. The number of fused-ring (bicyclic) bond motifs is 1. The highest BCUT2D eigenvalue weighted by atomic mass is 16.7. The maximum atomic E-state index is 13.0. The third-order valence-corrected chi connectivity index (χ3v) is 5.66. The van der Waals surface area contributed by atoms with Crippen LogP contribution in [0.25, 0.3) is 10.8 Å². The first kappa shape index (κ1) is 32.1. The van der Waals surface area contributed by atoms with Gasteiger partial charge in [-0.3, -0.25) is 19.2 Å². The molecule has 0 aliphatic heterocycles. The van der Waals surface area contributed by atoms with Crippen molar-refractivity contribution < 1.29 is 19.2 Å². The van der Waals surface area contributed by atoms with Crippen LogP contribution in [0.4, 0.5) is 0 Å². The van der Waals surface area contributed by atoms with Crippen LogP contribution in [0.5, 0.6) is 0 Å². The first-order valence-corrected chi connectivity index (χ1v) is 13.5. The van der Waals surface area contributed by atoms with E-state index < -0.39 is 12.0 Å². The predicted molar refractivity (Wildman–Crippen MR) is 151 cm³/mol. The van der Waals surface area contributed by atoms with Crippen molar-refractivity contribution in [2.75, 3.05) is 7.05 Å². The number of carbonyl (C=O) groups is 3. The van der Waals surface area contributed by atoms with Crippen LogP contribution in [0.1, 0.15) is 79.2 Å². The lowest BCUT2D eigenvalue weighted by Crippen LogP contribution is -2.47. The van der Waals surface area contributed by atoms with Crippen LogP contribution in [-0.4, -0.2) is 36.9 Å². The molecule has 2 rings (SSSR count). The minimum absolute atomic E-state index is 0.0370. The maximum absolute atomic E-state index is 13.0. The molecule has 3 amide bonds. The molecule has 2 aromatic carbocycles. The Morgan fingerprint density at radius 3 is 2.03 bits per heavy atom. The SMILES string of the molecule is CC(C)C.CCCC(CCC)ONC(=O)CC(Cc1ccc2ccccc2c1)C(=O)NC(C)C(=O)NC. The average Bonchev–Trinajstić information content (AvgIpc) is 2.86. The Hall–Kier alpha value is -2.93. The van der Waals surface area contributed by atoms with Gasteiger partial charge in [0.1, 0.15) is 6.04 Å². The van der Waals surface area contributed by atoms with Gasteiger partial charge in [-0.15, -0.1) is 0 Å². The van der Waals surface area contributed by atoms with E-state index in [-0.39, 0.29) is 30.2 Å². The van der Waals surface area contributed by atoms with Gasteiger partial charge in [-0.1, -0.05) is 89.9 Å². The van der Waals surface area contributed by atoms with Gasteiger partial charge in [0.2, 0.25) is 17.7 Å². The molecule has 0 fully saturated rings. The number of nitrogens with one attached hydrogen (secondary N) is 3. The normalized spacial score (nSPS) is 12.5. The molecule has 0 saturated carbocycles. The molecule has 37 heavy (non-hydrogen) atoms. The van der Waals surface area contributed by atoms with E-state index in [2.05, 4.69) is 50.7 Å². The first-order valence-electron chi connectivity index (χ1n) is 13.5. The van der Waals surface area contributed by atoms with Gasteiger partial charge >= 0.3 is 0 Å². The van der Waals surface area contributed by atoms with Crippen molar-refractivity contribution in [2.45, 2.75) is 92.2 Å². The van der Waals surface area contributed by atoms with E-state index in [1.165, 1.54) is 7.05 Å². The quantitative estimate of drug-likeness (QED) is 0.316. The monoisotopic (exact) mass is 513 g/mol. The highest BCUT2D eigenvalue weighted by Gasteiger charge is 2.26. The standard InChI is InChI=1S/C26H37N3O4.C4H10/c1-5-9-23(10-6-2)33-29-24(30)17-22(26(32)28-18(3)25(31)27-4)16-19-13-14-20-11-7-8-12-21(20)15-19;1-4(2)3/h7-8,11-15,18,22-23H,5-6,9-10,16-17H2,1-4H3,(H,27,31)(H,28,32)(H,29,30);4H,1-3H3. The molecule has 0 saturated heterocycles. The molecule has 206 valence electrons. The van der Waals surface area contributed by atoms with Crippen LogP contribution >= 0.6 is 0 Å². The Bertz CT molecular complexity index is 967. The number of hydrogen-bond donors (Lipinski definition) is 3. The number of benzene rings is 2. The number of amides is 3. The minimum atomic E-state index is -0.695. The molecule has 3 N–H and O–H groups in total. The van der Waals surface area contributed by atoms with Crippen molar-refractivity contribution in [3.8, 4) is 0 Å². The molecule has 0 bridgehead atoms. The first-order chi connectivity index (χ1) is 17.6. The lowest BCUT2D eigenvalue weighted by Gasteiger charge is -2.21. The summed E-state index contributed by atoms with van der Waals surface area (Å²) < 4.78 is 0.